The number of hydrogen-bond donors (Lipinski definition) is 3. The number of carbonyl (C=O) groups is 2. The van der Waals surface area contributed by atoms with Gasteiger partial charge in [0.1, 0.15) is 18.1 Å². The number of aryl methyl sites for hydroxylation is 1. The number of benzene rings is 2. The van der Waals surface area contributed by atoms with Gasteiger partial charge in [-0.1, -0.05) is 13.0 Å². The van der Waals surface area contributed by atoms with Crippen molar-refractivity contribution >= 4 is 23.2 Å². The molecule has 0 aliphatic rings. The summed E-state index contributed by atoms with van der Waals surface area (Å²) in [6, 6.07) is 8.75. The first-order valence-corrected chi connectivity index (χ1v) is 8.26. The lowest BCUT2D eigenvalue weighted by atomic mass is 10.1. The largest absolute Gasteiger partial charge is 0.507 e. The highest BCUT2D eigenvalue weighted by molar-refractivity contribution is 6.07. The van der Waals surface area contributed by atoms with Crippen LogP contribution in [0.15, 0.2) is 36.4 Å². The van der Waals surface area contributed by atoms with Crippen molar-refractivity contribution in [2.75, 3.05) is 17.2 Å². The Morgan fingerprint density at radius 1 is 1.11 bits per heavy atom. The molecule has 0 bridgehead atoms. The third kappa shape index (κ3) is 5.67. The third-order valence-corrected chi connectivity index (χ3v) is 3.66. The summed E-state index contributed by atoms with van der Waals surface area (Å²) in [4.78, 5) is 23.9. The molecule has 6 nitrogen and oxygen atoms in total. The Balaban J connectivity index is 2.18. The van der Waals surface area contributed by atoms with Crippen molar-refractivity contribution in [2.24, 2.45) is 0 Å². The Hall–Kier alpha value is -3.16. The van der Waals surface area contributed by atoms with E-state index in [9.17, 15) is 23.5 Å². The van der Waals surface area contributed by atoms with E-state index in [4.69, 9.17) is 4.74 Å². The van der Waals surface area contributed by atoms with Crippen LogP contribution in [0.3, 0.4) is 0 Å². The quantitative estimate of drug-likeness (QED) is 0.637. The van der Waals surface area contributed by atoms with Gasteiger partial charge in [-0.3, -0.25) is 9.59 Å². The molecule has 2 rings (SSSR count). The van der Waals surface area contributed by atoms with Crippen molar-refractivity contribution in [1.29, 1.82) is 0 Å². The van der Waals surface area contributed by atoms with Crippen LogP contribution in [-0.2, 0) is 4.79 Å². The number of nitrogens with one attached hydrogen (secondary N) is 2. The molecular formula is C19H20F2N2O4. The van der Waals surface area contributed by atoms with Crippen molar-refractivity contribution in [3.05, 3.63) is 47.5 Å². The van der Waals surface area contributed by atoms with Crippen LogP contribution in [0.25, 0.3) is 0 Å². The van der Waals surface area contributed by atoms with Gasteiger partial charge >= 0.3 is 0 Å². The summed E-state index contributed by atoms with van der Waals surface area (Å²) in [7, 11) is 0. The summed E-state index contributed by atoms with van der Waals surface area (Å²) >= 11 is 0. The van der Waals surface area contributed by atoms with Crippen LogP contribution >= 0.6 is 0 Å². The predicted octanol–water partition coefficient (Wildman–Crippen LogP) is 3.95. The molecule has 8 heteroatoms. The minimum Gasteiger partial charge on any atom is -0.507 e. The van der Waals surface area contributed by atoms with E-state index in [1.807, 2.05) is 0 Å². The first kappa shape index (κ1) is 20.2. The van der Waals surface area contributed by atoms with E-state index in [2.05, 4.69) is 10.6 Å². The second kappa shape index (κ2) is 8.98. The van der Waals surface area contributed by atoms with Gasteiger partial charge in [0, 0.05) is 23.9 Å². The van der Waals surface area contributed by atoms with E-state index in [1.165, 1.54) is 24.3 Å². The molecule has 2 amide bonds. The zero-order valence-electron chi connectivity index (χ0n) is 14.9. The number of phenolic OH excluding ortho intramolecular Hbond substituents is 1. The number of carbonyl (C=O) groups excluding carboxylic acids is 2. The van der Waals surface area contributed by atoms with Gasteiger partial charge in [-0.05, 0) is 36.8 Å². The summed E-state index contributed by atoms with van der Waals surface area (Å²) in [6.45, 7) is 2.63. The molecule has 0 unspecified atom stereocenters. The van der Waals surface area contributed by atoms with Gasteiger partial charge in [-0.2, -0.15) is 0 Å². The fourth-order valence-corrected chi connectivity index (χ4v) is 2.23. The molecule has 0 fully saturated rings. The molecule has 2 aromatic rings. The Kier molecular flexibility index (Phi) is 6.70. The van der Waals surface area contributed by atoms with E-state index in [1.54, 1.807) is 26.0 Å². The summed E-state index contributed by atoms with van der Waals surface area (Å²) in [6.07, 6.45) is -2.34. The maximum Gasteiger partial charge on any atom is 0.272 e. The number of ether oxygens (including phenoxy) is 1. The van der Waals surface area contributed by atoms with E-state index in [0.717, 1.165) is 0 Å². The zero-order chi connectivity index (χ0) is 20.0. The highest BCUT2D eigenvalue weighted by Gasteiger charge is 2.14. The van der Waals surface area contributed by atoms with Gasteiger partial charge < -0.3 is 20.5 Å². The summed E-state index contributed by atoms with van der Waals surface area (Å²) < 4.78 is 29.7. The first-order valence-electron chi connectivity index (χ1n) is 8.26. The molecule has 0 aliphatic carbocycles. The van der Waals surface area contributed by atoms with Gasteiger partial charge in [-0.25, -0.2) is 8.78 Å². The first-order chi connectivity index (χ1) is 12.8. The monoisotopic (exact) mass is 378 g/mol. The Morgan fingerprint density at radius 3 is 2.44 bits per heavy atom. The maximum atomic E-state index is 12.5. The number of hydrogen-bond acceptors (Lipinski definition) is 4. The number of alkyl halides is 2. The highest BCUT2D eigenvalue weighted by atomic mass is 19.3. The van der Waals surface area contributed by atoms with Crippen LogP contribution in [0.5, 0.6) is 11.5 Å². The van der Waals surface area contributed by atoms with Gasteiger partial charge in [0.15, 0.2) is 0 Å². The van der Waals surface area contributed by atoms with E-state index >= 15 is 0 Å². The average Bonchev–Trinajstić information content (AvgIpc) is 2.63. The zero-order valence-corrected chi connectivity index (χ0v) is 14.9. The van der Waals surface area contributed by atoms with Crippen molar-refractivity contribution in [3.8, 4) is 11.5 Å². The molecule has 3 N–H and O–H groups in total. The van der Waals surface area contributed by atoms with E-state index in [-0.39, 0.29) is 29.4 Å². The molecule has 2 aromatic carbocycles. The van der Waals surface area contributed by atoms with Gasteiger partial charge in [-0.15, -0.1) is 0 Å². The molecule has 0 saturated heterocycles. The number of rotatable bonds is 7. The third-order valence-electron chi connectivity index (χ3n) is 3.66. The summed E-state index contributed by atoms with van der Waals surface area (Å²) in [5.74, 6) is -0.889. The van der Waals surface area contributed by atoms with Crippen LogP contribution in [0.1, 0.15) is 29.3 Å². The minimum absolute atomic E-state index is 0.0421. The van der Waals surface area contributed by atoms with Gasteiger partial charge in [0.2, 0.25) is 5.91 Å². The highest BCUT2D eigenvalue weighted by Crippen LogP contribution is 2.26. The lowest BCUT2D eigenvalue weighted by molar-refractivity contribution is -0.115. The van der Waals surface area contributed by atoms with Crippen molar-refractivity contribution < 1.29 is 28.2 Å². The minimum atomic E-state index is -2.61. The number of aromatic hydroxyl groups is 1. The molecule has 0 radical (unpaired) electrons. The fraction of sp³-hybridized carbons (Fsp3) is 0.263. The number of phenols is 1. The van der Waals surface area contributed by atoms with E-state index in [0.29, 0.717) is 16.9 Å². The van der Waals surface area contributed by atoms with Crippen molar-refractivity contribution in [1.82, 2.24) is 0 Å². The Labute approximate surface area is 155 Å². The van der Waals surface area contributed by atoms with Crippen LogP contribution in [0.4, 0.5) is 20.2 Å². The summed E-state index contributed by atoms with van der Waals surface area (Å²) in [5.41, 5.74) is 1.28. The molecule has 0 spiro atoms. The second-order valence-electron chi connectivity index (χ2n) is 5.77. The molecule has 27 heavy (non-hydrogen) atoms. The molecule has 0 aliphatic heterocycles. The fourth-order valence-electron chi connectivity index (χ4n) is 2.23. The molecule has 0 heterocycles. The Bertz CT molecular complexity index is 840. The SMILES string of the molecule is CCC(=O)Nc1ccc(O)c(C(=O)Nc2ccc(C)c(OCC(F)F)c2)c1. The van der Waals surface area contributed by atoms with Gasteiger partial charge in [0.05, 0.1) is 5.56 Å². The molecule has 0 aromatic heterocycles. The van der Waals surface area contributed by atoms with Crippen molar-refractivity contribution in [3.63, 3.8) is 0 Å². The van der Waals surface area contributed by atoms with E-state index < -0.39 is 18.9 Å². The lowest BCUT2D eigenvalue weighted by Gasteiger charge is -2.13. The van der Waals surface area contributed by atoms with Crippen LogP contribution < -0.4 is 15.4 Å². The molecule has 0 saturated carbocycles. The van der Waals surface area contributed by atoms with Crippen LogP contribution in [0.2, 0.25) is 0 Å². The lowest BCUT2D eigenvalue weighted by Crippen LogP contribution is -2.14. The number of halogens is 2. The molecular weight excluding hydrogens is 358 g/mol. The summed E-state index contributed by atoms with van der Waals surface area (Å²) in [5, 5.41) is 15.1. The van der Waals surface area contributed by atoms with Crippen LogP contribution in [0, 0.1) is 6.92 Å². The average molecular weight is 378 g/mol. The number of anilines is 2. The number of amides is 2. The van der Waals surface area contributed by atoms with Crippen LogP contribution in [-0.4, -0.2) is 30.0 Å². The topological polar surface area (TPSA) is 87.7 Å². The smallest absolute Gasteiger partial charge is 0.272 e. The normalized spacial score (nSPS) is 10.6. The molecule has 144 valence electrons. The Morgan fingerprint density at radius 2 is 1.78 bits per heavy atom. The van der Waals surface area contributed by atoms with Crippen molar-refractivity contribution in [2.45, 2.75) is 26.7 Å². The maximum absolute atomic E-state index is 12.5. The predicted molar refractivity (Wildman–Crippen MR) is 97.7 cm³/mol. The molecule has 0 atom stereocenters. The standard InChI is InChI=1S/C19H20F2N2O4/c1-3-18(25)22-12-6-7-15(24)14(8-12)19(26)23-13-5-4-11(2)16(9-13)27-10-17(20)21/h4-9,17,24H,3,10H2,1-2H3,(H,22,25)(H,23,26). The second-order valence-corrected chi connectivity index (χ2v) is 5.77. The van der Waals surface area contributed by atoms with Gasteiger partial charge in [0.25, 0.3) is 12.3 Å².